The fourth-order valence-corrected chi connectivity index (χ4v) is 4.05. The van der Waals surface area contributed by atoms with Gasteiger partial charge in [0.2, 0.25) is 5.91 Å². The summed E-state index contributed by atoms with van der Waals surface area (Å²) in [5.74, 6) is 1.53. The Morgan fingerprint density at radius 1 is 1.06 bits per heavy atom. The number of hydrogen-bond donors (Lipinski definition) is 1. The van der Waals surface area contributed by atoms with E-state index in [1.54, 1.807) is 22.8 Å². The van der Waals surface area contributed by atoms with E-state index in [-0.39, 0.29) is 24.0 Å². The van der Waals surface area contributed by atoms with Gasteiger partial charge in [0.15, 0.2) is 11.6 Å². The lowest BCUT2D eigenvalue weighted by molar-refractivity contribution is -0.126. The summed E-state index contributed by atoms with van der Waals surface area (Å²) in [6.07, 6.45) is 5.84. The topological polar surface area (TPSA) is 118 Å². The van der Waals surface area contributed by atoms with Gasteiger partial charge in [0.25, 0.3) is 0 Å². The van der Waals surface area contributed by atoms with Crippen molar-refractivity contribution >= 4 is 17.8 Å². The summed E-state index contributed by atoms with van der Waals surface area (Å²) in [5.41, 5.74) is 0. The van der Waals surface area contributed by atoms with Crippen molar-refractivity contribution in [2.75, 3.05) is 37.7 Å². The number of aromatic nitrogens is 5. The fourth-order valence-electron chi connectivity index (χ4n) is 4.05. The van der Waals surface area contributed by atoms with Gasteiger partial charge in [-0.3, -0.25) is 4.79 Å². The molecule has 2 amide bonds. The molecule has 4 rings (SSSR count). The molecule has 0 atom stereocenters. The monoisotopic (exact) mass is 428 g/mol. The number of carbonyl (C=O) groups is 2. The summed E-state index contributed by atoms with van der Waals surface area (Å²) < 4.78 is 6.60. The predicted molar refractivity (Wildman–Crippen MR) is 112 cm³/mol. The molecule has 31 heavy (non-hydrogen) atoms. The second-order valence-electron chi connectivity index (χ2n) is 7.82. The number of rotatable bonds is 5. The number of nitrogens with one attached hydrogen (secondary N) is 1. The van der Waals surface area contributed by atoms with E-state index >= 15 is 0 Å². The van der Waals surface area contributed by atoms with Gasteiger partial charge in [-0.1, -0.05) is 0 Å². The number of hydrogen-bond acceptors (Lipinski definition) is 8. The second-order valence-corrected chi connectivity index (χ2v) is 7.82. The third-order valence-corrected chi connectivity index (χ3v) is 5.85. The molecule has 2 fully saturated rings. The molecule has 166 valence electrons. The zero-order valence-corrected chi connectivity index (χ0v) is 17.7. The van der Waals surface area contributed by atoms with Crippen molar-refractivity contribution in [2.45, 2.75) is 38.6 Å². The van der Waals surface area contributed by atoms with E-state index in [0.29, 0.717) is 25.5 Å². The molecule has 11 nitrogen and oxygen atoms in total. The highest BCUT2D eigenvalue weighted by Gasteiger charge is 2.29. The largest absolute Gasteiger partial charge is 0.450 e. The second kappa shape index (κ2) is 9.71. The van der Waals surface area contributed by atoms with E-state index in [9.17, 15) is 9.59 Å². The summed E-state index contributed by atoms with van der Waals surface area (Å²) in [4.78, 5) is 32.3. The molecule has 0 radical (unpaired) electrons. The summed E-state index contributed by atoms with van der Waals surface area (Å²) in [6, 6.07) is 3.90. The van der Waals surface area contributed by atoms with Gasteiger partial charge in [0.1, 0.15) is 12.7 Å². The number of carbonyl (C=O) groups excluding carboxylic acids is 2. The first-order valence-corrected chi connectivity index (χ1v) is 10.8. The third kappa shape index (κ3) is 5.09. The molecule has 2 saturated heterocycles. The van der Waals surface area contributed by atoms with E-state index in [2.05, 4.69) is 30.5 Å². The zero-order chi connectivity index (χ0) is 21.6. The van der Waals surface area contributed by atoms with Crippen molar-refractivity contribution in [3.8, 4) is 5.82 Å². The van der Waals surface area contributed by atoms with Gasteiger partial charge in [-0.05, 0) is 44.7 Å². The molecule has 1 N–H and O–H groups in total. The van der Waals surface area contributed by atoms with Crippen LogP contribution in [-0.2, 0) is 9.53 Å². The average molecular weight is 428 g/mol. The van der Waals surface area contributed by atoms with Crippen LogP contribution in [0.5, 0.6) is 0 Å². The maximum atomic E-state index is 12.7. The third-order valence-electron chi connectivity index (χ3n) is 5.85. The van der Waals surface area contributed by atoms with Crippen molar-refractivity contribution in [1.29, 1.82) is 0 Å². The van der Waals surface area contributed by atoms with Crippen LogP contribution in [0.3, 0.4) is 0 Å². The van der Waals surface area contributed by atoms with Crippen LogP contribution >= 0.6 is 0 Å². The van der Waals surface area contributed by atoms with Crippen molar-refractivity contribution < 1.29 is 14.3 Å². The van der Waals surface area contributed by atoms with E-state index < -0.39 is 0 Å². The molecule has 0 aliphatic carbocycles. The normalized spacial score (nSPS) is 18.1. The van der Waals surface area contributed by atoms with E-state index in [4.69, 9.17) is 4.74 Å². The Hall–Kier alpha value is -3.24. The molecule has 11 heteroatoms. The summed E-state index contributed by atoms with van der Waals surface area (Å²) in [6.45, 7) is 4.94. The first kappa shape index (κ1) is 21.0. The van der Waals surface area contributed by atoms with Gasteiger partial charge < -0.3 is 19.9 Å². The van der Waals surface area contributed by atoms with Crippen LogP contribution < -0.4 is 10.2 Å². The lowest BCUT2D eigenvalue weighted by Gasteiger charge is -2.35. The number of piperidine rings is 2. The average Bonchev–Trinajstić information content (AvgIpc) is 3.35. The van der Waals surface area contributed by atoms with Crippen molar-refractivity contribution in [2.24, 2.45) is 5.92 Å². The smallest absolute Gasteiger partial charge is 0.409 e. The number of amides is 2. The molecule has 0 saturated carbocycles. The van der Waals surface area contributed by atoms with Crippen LogP contribution in [0.4, 0.5) is 10.6 Å². The van der Waals surface area contributed by atoms with Crippen LogP contribution in [0.25, 0.3) is 5.82 Å². The highest BCUT2D eigenvalue weighted by Crippen LogP contribution is 2.23. The molecule has 2 aromatic heterocycles. The molecular weight excluding hydrogens is 400 g/mol. The van der Waals surface area contributed by atoms with Crippen molar-refractivity contribution in [3.05, 3.63) is 24.8 Å². The molecule has 2 aromatic rings. The molecule has 2 aliphatic rings. The molecule has 2 aliphatic heterocycles. The highest BCUT2D eigenvalue weighted by molar-refractivity contribution is 5.79. The molecular formula is C20H28N8O3. The van der Waals surface area contributed by atoms with Crippen molar-refractivity contribution in [3.63, 3.8) is 0 Å². The minimum Gasteiger partial charge on any atom is -0.450 e. The van der Waals surface area contributed by atoms with Crippen LogP contribution in [0, 0.1) is 5.92 Å². The summed E-state index contributed by atoms with van der Waals surface area (Å²) in [5, 5.41) is 15.7. The maximum Gasteiger partial charge on any atom is 0.409 e. The zero-order valence-electron chi connectivity index (χ0n) is 17.7. The molecule has 0 unspecified atom stereocenters. The Kier molecular flexibility index (Phi) is 6.58. The standard InChI is InChI=1S/C20H28N8O3/c1-2-31-20(30)27-11-7-16(8-12-27)23-19(29)15-5-9-26(10-6-15)17-3-4-18(25-24-17)28-14-21-13-22-28/h3-4,13-16H,2,5-12H2,1H3,(H,23,29). The van der Waals surface area contributed by atoms with Crippen molar-refractivity contribution in [1.82, 2.24) is 35.2 Å². The van der Waals surface area contributed by atoms with Gasteiger partial charge >= 0.3 is 6.09 Å². The van der Waals surface area contributed by atoms with E-state index in [1.165, 1.54) is 6.33 Å². The lowest BCUT2D eigenvalue weighted by Crippen LogP contribution is -2.49. The highest BCUT2D eigenvalue weighted by atomic mass is 16.6. The number of ether oxygens (including phenoxy) is 1. The Morgan fingerprint density at radius 3 is 2.39 bits per heavy atom. The van der Waals surface area contributed by atoms with Gasteiger partial charge in [-0.15, -0.1) is 10.2 Å². The number of anilines is 1. The number of likely N-dealkylation sites (tertiary alicyclic amines) is 1. The fraction of sp³-hybridized carbons (Fsp3) is 0.600. The van der Waals surface area contributed by atoms with Crippen LogP contribution in [0.1, 0.15) is 32.6 Å². The summed E-state index contributed by atoms with van der Waals surface area (Å²) in [7, 11) is 0. The van der Waals surface area contributed by atoms with E-state index in [1.807, 2.05) is 12.1 Å². The minimum atomic E-state index is -0.267. The van der Waals surface area contributed by atoms with Crippen LogP contribution in [0.2, 0.25) is 0 Å². The van der Waals surface area contributed by atoms with Gasteiger partial charge in [0, 0.05) is 38.1 Å². The van der Waals surface area contributed by atoms with Crippen LogP contribution in [-0.4, -0.2) is 80.7 Å². The molecule has 4 heterocycles. The SMILES string of the molecule is CCOC(=O)N1CCC(NC(=O)C2CCN(c3ccc(-n4cncn4)nn3)CC2)CC1. The minimum absolute atomic E-state index is 0.00159. The van der Waals surface area contributed by atoms with Gasteiger partial charge in [-0.2, -0.15) is 5.10 Å². The van der Waals surface area contributed by atoms with Crippen LogP contribution in [0.15, 0.2) is 24.8 Å². The first-order chi connectivity index (χ1) is 15.1. The lowest BCUT2D eigenvalue weighted by atomic mass is 9.94. The Balaban J connectivity index is 1.22. The van der Waals surface area contributed by atoms with Gasteiger partial charge in [-0.25, -0.2) is 14.5 Å². The Morgan fingerprint density at radius 2 is 1.77 bits per heavy atom. The molecule has 0 aromatic carbocycles. The predicted octanol–water partition coefficient (Wildman–Crippen LogP) is 1.01. The first-order valence-electron chi connectivity index (χ1n) is 10.8. The Bertz CT molecular complexity index is 857. The Labute approximate surface area is 180 Å². The molecule has 0 spiro atoms. The maximum absolute atomic E-state index is 12.7. The van der Waals surface area contributed by atoms with Gasteiger partial charge in [0.05, 0.1) is 6.61 Å². The quantitative estimate of drug-likeness (QED) is 0.750. The van der Waals surface area contributed by atoms with E-state index in [0.717, 1.165) is 44.6 Å². The number of nitrogens with zero attached hydrogens (tertiary/aromatic N) is 7. The molecule has 0 bridgehead atoms. The summed E-state index contributed by atoms with van der Waals surface area (Å²) >= 11 is 0.